The molecule has 1 aliphatic rings. The monoisotopic (exact) mass is 297 g/mol. The van der Waals surface area contributed by atoms with Crippen molar-refractivity contribution in [3.8, 4) is 0 Å². The standard InChI is InChI=1S/C14H19NO4S/c16-9-12-3-1-11(2-4-12)8-15-14(17)7-13-5-6-20(18,19)10-13/h1-4,13,16H,5-10H2,(H,15,17). The Labute approximate surface area is 118 Å². The van der Waals surface area contributed by atoms with Crippen molar-refractivity contribution in [1.82, 2.24) is 5.32 Å². The maximum Gasteiger partial charge on any atom is 0.220 e. The van der Waals surface area contributed by atoms with Crippen LogP contribution in [0.25, 0.3) is 0 Å². The molecular weight excluding hydrogens is 278 g/mol. The zero-order valence-electron chi connectivity index (χ0n) is 11.2. The van der Waals surface area contributed by atoms with Crippen LogP contribution in [0.3, 0.4) is 0 Å². The molecule has 1 unspecified atom stereocenters. The van der Waals surface area contributed by atoms with E-state index in [0.29, 0.717) is 13.0 Å². The van der Waals surface area contributed by atoms with Crippen molar-refractivity contribution in [3.63, 3.8) is 0 Å². The fraction of sp³-hybridized carbons (Fsp3) is 0.500. The Balaban J connectivity index is 1.77. The van der Waals surface area contributed by atoms with Crippen LogP contribution < -0.4 is 5.32 Å². The first-order valence-electron chi connectivity index (χ1n) is 6.64. The van der Waals surface area contributed by atoms with Gasteiger partial charge in [0.15, 0.2) is 9.84 Å². The topological polar surface area (TPSA) is 83.5 Å². The van der Waals surface area contributed by atoms with Gasteiger partial charge in [-0.1, -0.05) is 24.3 Å². The number of aliphatic hydroxyl groups is 1. The molecule has 0 saturated carbocycles. The molecule has 0 aliphatic carbocycles. The molecule has 6 heteroatoms. The third-order valence-corrected chi connectivity index (χ3v) is 5.33. The highest BCUT2D eigenvalue weighted by atomic mass is 32.2. The first kappa shape index (κ1) is 15.0. The van der Waals surface area contributed by atoms with Crippen molar-refractivity contribution in [2.75, 3.05) is 11.5 Å². The van der Waals surface area contributed by atoms with Gasteiger partial charge < -0.3 is 10.4 Å². The van der Waals surface area contributed by atoms with Crippen LogP contribution in [-0.2, 0) is 27.8 Å². The molecule has 0 bridgehead atoms. The maximum atomic E-state index is 11.8. The van der Waals surface area contributed by atoms with Gasteiger partial charge in [-0.15, -0.1) is 0 Å². The quantitative estimate of drug-likeness (QED) is 0.834. The SMILES string of the molecule is O=C(CC1CCS(=O)(=O)C1)NCc1ccc(CO)cc1. The predicted octanol–water partition coefficient (Wildman–Crippen LogP) is 0.620. The molecule has 2 N–H and O–H groups in total. The van der Waals surface area contributed by atoms with Crippen molar-refractivity contribution in [2.45, 2.75) is 26.0 Å². The van der Waals surface area contributed by atoms with Crippen LogP contribution in [0.1, 0.15) is 24.0 Å². The second kappa shape index (κ2) is 6.37. The number of benzene rings is 1. The summed E-state index contributed by atoms with van der Waals surface area (Å²) in [7, 11) is -2.92. The van der Waals surface area contributed by atoms with Gasteiger partial charge >= 0.3 is 0 Å². The van der Waals surface area contributed by atoms with E-state index >= 15 is 0 Å². The number of amides is 1. The van der Waals surface area contributed by atoms with Crippen LogP contribution >= 0.6 is 0 Å². The van der Waals surface area contributed by atoms with E-state index in [1.165, 1.54) is 0 Å². The minimum atomic E-state index is -2.92. The molecule has 0 spiro atoms. The van der Waals surface area contributed by atoms with E-state index in [1.807, 2.05) is 24.3 Å². The molecule has 2 rings (SSSR count). The summed E-state index contributed by atoms with van der Waals surface area (Å²) in [4.78, 5) is 11.8. The third kappa shape index (κ3) is 4.31. The van der Waals surface area contributed by atoms with Gasteiger partial charge in [-0.05, 0) is 23.5 Å². The van der Waals surface area contributed by atoms with Crippen molar-refractivity contribution in [1.29, 1.82) is 0 Å². The molecule has 110 valence electrons. The molecular formula is C14H19NO4S. The Morgan fingerprint density at radius 3 is 2.45 bits per heavy atom. The van der Waals surface area contributed by atoms with Crippen molar-refractivity contribution < 1.29 is 18.3 Å². The zero-order chi connectivity index (χ0) is 14.6. The Morgan fingerprint density at radius 2 is 1.90 bits per heavy atom. The average Bonchev–Trinajstić information content (AvgIpc) is 2.76. The summed E-state index contributed by atoms with van der Waals surface area (Å²) in [5.41, 5.74) is 1.78. The Bertz CT molecular complexity index is 565. The lowest BCUT2D eigenvalue weighted by molar-refractivity contribution is -0.122. The van der Waals surface area contributed by atoms with E-state index in [4.69, 9.17) is 5.11 Å². The summed E-state index contributed by atoms with van der Waals surface area (Å²) >= 11 is 0. The van der Waals surface area contributed by atoms with E-state index < -0.39 is 9.84 Å². The summed E-state index contributed by atoms with van der Waals surface area (Å²) in [5.74, 6) is 0.175. The van der Waals surface area contributed by atoms with Gasteiger partial charge in [0, 0.05) is 13.0 Å². The summed E-state index contributed by atoms with van der Waals surface area (Å²) in [6, 6.07) is 7.33. The maximum absolute atomic E-state index is 11.8. The van der Waals surface area contributed by atoms with E-state index in [0.717, 1.165) is 11.1 Å². The molecule has 20 heavy (non-hydrogen) atoms. The molecule has 1 amide bonds. The second-order valence-corrected chi connectivity index (χ2v) is 7.45. The van der Waals surface area contributed by atoms with Crippen LogP contribution in [-0.4, -0.2) is 30.9 Å². The van der Waals surface area contributed by atoms with Gasteiger partial charge in [0.1, 0.15) is 0 Å². The molecule has 1 aromatic carbocycles. The lowest BCUT2D eigenvalue weighted by atomic mass is 10.0. The normalized spacial score (nSPS) is 20.8. The molecule has 0 radical (unpaired) electrons. The van der Waals surface area contributed by atoms with Crippen molar-refractivity contribution in [2.24, 2.45) is 5.92 Å². The Kier molecular flexibility index (Phi) is 4.77. The first-order valence-corrected chi connectivity index (χ1v) is 8.46. The zero-order valence-corrected chi connectivity index (χ0v) is 12.0. The summed E-state index contributed by atoms with van der Waals surface area (Å²) < 4.78 is 22.6. The van der Waals surface area contributed by atoms with Gasteiger partial charge in [0.05, 0.1) is 18.1 Å². The number of carbonyl (C=O) groups excluding carboxylic acids is 1. The Morgan fingerprint density at radius 1 is 1.25 bits per heavy atom. The molecule has 1 saturated heterocycles. The molecule has 1 fully saturated rings. The predicted molar refractivity (Wildman–Crippen MR) is 75.6 cm³/mol. The second-order valence-electron chi connectivity index (χ2n) is 5.22. The fourth-order valence-corrected chi connectivity index (χ4v) is 4.19. The summed E-state index contributed by atoms with van der Waals surface area (Å²) in [5, 5.41) is 11.7. The smallest absolute Gasteiger partial charge is 0.220 e. The largest absolute Gasteiger partial charge is 0.392 e. The van der Waals surface area contributed by atoms with E-state index in [-0.39, 0.29) is 36.4 Å². The minimum Gasteiger partial charge on any atom is -0.392 e. The number of hydrogen-bond donors (Lipinski definition) is 2. The Hall–Kier alpha value is -1.40. The van der Waals surface area contributed by atoms with E-state index in [2.05, 4.69) is 5.32 Å². The van der Waals surface area contributed by atoms with Gasteiger partial charge in [-0.25, -0.2) is 8.42 Å². The lowest BCUT2D eigenvalue weighted by Crippen LogP contribution is -2.25. The number of rotatable bonds is 5. The van der Waals surface area contributed by atoms with E-state index in [1.54, 1.807) is 0 Å². The van der Waals surface area contributed by atoms with Gasteiger partial charge in [-0.2, -0.15) is 0 Å². The molecule has 0 aromatic heterocycles. The molecule has 1 aromatic rings. The number of carbonyl (C=O) groups is 1. The van der Waals surface area contributed by atoms with Crippen molar-refractivity contribution in [3.05, 3.63) is 35.4 Å². The highest BCUT2D eigenvalue weighted by Crippen LogP contribution is 2.21. The van der Waals surface area contributed by atoms with Crippen LogP contribution in [0.5, 0.6) is 0 Å². The molecule has 1 heterocycles. The van der Waals surface area contributed by atoms with Gasteiger partial charge in [0.2, 0.25) is 5.91 Å². The number of nitrogens with one attached hydrogen (secondary N) is 1. The highest BCUT2D eigenvalue weighted by Gasteiger charge is 2.29. The third-order valence-electron chi connectivity index (χ3n) is 3.50. The number of sulfone groups is 1. The van der Waals surface area contributed by atoms with Crippen LogP contribution in [0.15, 0.2) is 24.3 Å². The fourth-order valence-electron chi connectivity index (χ4n) is 2.33. The average molecular weight is 297 g/mol. The van der Waals surface area contributed by atoms with Crippen LogP contribution in [0, 0.1) is 5.92 Å². The molecule has 1 aliphatic heterocycles. The number of aliphatic hydroxyl groups excluding tert-OH is 1. The molecule has 5 nitrogen and oxygen atoms in total. The number of hydrogen-bond acceptors (Lipinski definition) is 4. The van der Waals surface area contributed by atoms with Crippen LogP contribution in [0.2, 0.25) is 0 Å². The van der Waals surface area contributed by atoms with E-state index in [9.17, 15) is 13.2 Å². The van der Waals surface area contributed by atoms with Gasteiger partial charge in [-0.3, -0.25) is 4.79 Å². The minimum absolute atomic E-state index is 0.00277. The summed E-state index contributed by atoms with van der Waals surface area (Å²) in [6.07, 6.45) is 0.856. The first-order chi connectivity index (χ1) is 9.48. The van der Waals surface area contributed by atoms with Gasteiger partial charge in [0.25, 0.3) is 0 Å². The van der Waals surface area contributed by atoms with Crippen LogP contribution in [0.4, 0.5) is 0 Å². The highest BCUT2D eigenvalue weighted by molar-refractivity contribution is 7.91. The van der Waals surface area contributed by atoms with Crippen molar-refractivity contribution >= 4 is 15.7 Å². The molecule has 1 atom stereocenters. The summed E-state index contributed by atoms with van der Waals surface area (Å²) in [6.45, 7) is 0.423. The lowest BCUT2D eigenvalue weighted by Gasteiger charge is -2.09.